The molecule has 0 bridgehead atoms. The highest BCUT2D eigenvalue weighted by molar-refractivity contribution is 5.87. The molecule has 1 aromatic carbocycles. The first-order chi connectivity index (χ1) is 9.99. The van der Waals surface area contributed by atoms with Crippen molar-refractivity contribution in [3.8, 4) is 5.75 Å². The Hall–Kier alpha value is -2.96. The van der Waals surface area contributed by atoms with Gasteiger partial charge < -0.3 is 9.84 Å². The minimum Gasteiger partial charge on any atom is -0.487 e. The Bertz CT molecular complexity index is 682. The van der Waals surface area contributed by atoms with Crippen LogP contribution in [0.15, 0.2) is 36.5 Å². The average molecular weight is 288 g/mol. The second-order valence-electron chi connectivity index (χ2n) is 4.29. The van der Waals surface area contributed by atoms with Gasteiger partial charge in [-0.25, -0.2) is 4.79 Å². The molecule has 0 aliphatic rings. The lowest BCUT2D eigenvalue weighted by Gasteiger charge is -2.08. The van der Waals surface area contributed by atoms with Crippen molar-refractivity contribution in [1.82, 2.24) is 4.98 Å². The number of hydrogen-bond donors (Lipinski definition) is 1. The summed E-state index contributed by atoms with van der Waals surface area (Å²) in [5.74, 6) is -0.655. The highest BCUT2D eigenvalue weighted by atomic mass is 16.6. The molecule has 1 aromatic heterocycles. The van der Waals surface area contributed by atoms with Crippen molar-refractivity contribution in [2.75, 3.05) is 0 Å². The van der Waals surface area contributed by atoms with Gasteiger partial charge in [-0.3, -0.25) is 15.1 Å². The highest BCUT2D eigenvalue weighted by Gasteiger charge is 2.14. The summed E-state index contributed by atoms with van der Waals surface area (Å²) in [5.41, 5.74) is 1.04. The van der Waals surface area contributed by atoms with E-state index in [1.54, 1.807) is 19.1 Å². The van der Waals surface area contributed by atoms with Gasteiger partial charge >= 0.3 is 5.97 Å². The van der Waals surface area contributed by atoms with Crippen LogP contribution in [0.25, 0.3) is 0 Å². The lowest BCUT2D eigenvalue weighted by molar-refractivity contribution is -0.385. The van der Waals surface area contributed by atoms with E-state index in [1.807, 2.05) is 0 Å². The Morgan fingerprint density at radius 2 is 2.14 bits per heavy atom. The normalized spacial score (nSPS) is 10.1. The molecular weight excluding hydrogens is 276 g/mol. The number of nitro benzene ring substituents is 1. The summed E-state index contributed by atoms with van der Waals surface area (Å²) < 4.78 is 5.50. The molecule has 7 nitrogen and oxygen atoms in total. The summed E-state index contributed by atoms with van der Waals surface area (Å²) in [5, 5.41) is 19.6. The Balaban J connectivity index is 2.11. The van der Waals surface area contributed by atoms with E-state index >= 15 is 0 Å². The van der Waals surface area contributed by atoms with E-state index in [4.69, 9.17) is 9.84 Å². The highest BCUT2D eigenvalue weighted by Crippen LogP contribution is 2.27. The third kappa shape index (κ3) is 3.33. The number of nitro groups is 1. The number of nitrogens with zero attached hydrogens (tertiary/aromatic N) is 2. The van der Waals surface area contributed by atoms with E-state index < -0.39 is 10.9 Å². The molecule has 108 valence electrons. The quantitative estimate of drug-likeness (QED) is 0.670. The molecule has 0 amide bonds. The lowest BCUT2D eigenvalue weighted by atomic mass is 10.2. The van der Waals surface area contributed by atoms with E-state index in [0.29, 0.717) is 17.0 Å². The largest absolute Gasteiger partial charge is 0.487 e. The monoisotopic (exact) mass is 288 g/mol. The van der Waals surface area contributed by atoms with Crippen LogP contribution in [-0.4, -0.2) is 21.0 Å². The molecule has 1 heterocycles. The van der Waals surface area contributed by atoms with Gasteiger partial charge in [0.15, 0.2) is 0 Å². The number of carboxylic acid groups (broad SMARTS) is 1. The van der Waals surface area contributed by atoms with Crippen LogP contribution in [0.3, 0.4) is 0 Å². The summed E-state index contributed by atoms with van der Waals surface area (Å²) in [7, 11) is 0. The summed E-state index contributed by atoms with van der Waals surface area (Å²) in [6, 6.07) is 7.54. The minimum absolute atomic E-state index is 0.0123. The molecule has 0 aliphatic heterocycles. The molecule has 2 aromatic rings. The van der Waals surface area contributed by atoms with Crippen molar-refractivity contribution in [2.45, 2.75) is 13.5 Å². The number of aromatic nitrogens is 1. The van der Waals surface area contributed by atoms with Crippen LogP contribution >= 0.6 is 0 Å². The predicted octanol–water partition coefficient (Wildman–Crippen LogP) is 2.58. The van der Waals surface area contributed by atoms with Crippen LogP contribution in [0.2, 0.25) is 0 Å². The second kappa shape index (κ2) is 6.00. The maximum Gasteiger partial charge on any atom is 0.337 e. The molecule has 2 rings (SSSR count). The zero-order valence-corrected chi connectivity index (χ0v) is 11.1. The van der Waals surface area contributed by atoms with Gasteiger partial charge in [-0.15, -0.1) is 0 Å². The van der Waals surface area contributed by atoms with Gasteiger partial charge in [0.2, 0.25) is 0 Å². The number of aromatic carboxylic acids is 1. The minimum atomic E-state index is -1.05. The Morgan fingerprint density at radius 1 is 1.38 bits per heavy atom. The number of hydrogen-bond acceptors (Lipinski definition) is 5. The lowest BCUT2D eigenvalue weighted by Crippen LogP contribution is -2.03. The van der Waals surface area contributed by atoms with Crippen LogP contribution in [-0.2, 0) is 6.61 Å². The van der Waals surface area contributed by atoms with Gasteiger partial charge in [-0.1, -0.05) is 6.07 Å². The van der Waals surface area contributed by atoms with E-state index in [2.05, 4.69) is 4.98 Å². The van der Waals surface area contributed by atoms with Gasteiger partial charge in [0.25, 0.3) is 5.69 Å². The van der Waals surface area contributed by atoms with Crippen molar-refractivity contribution in [3.05, 3.63) is 63.5 Å². The molecule has 0 saturated heterocycles. The molecule has 0 unspecified atom stereocenters. The molecule has 0 saturated carbocycles. The molecule has 0 radical (unpaired) electrons. The topological polar surface area (TPSA) is 103 Å². The maximum atomic E-state index is 10.8. The van der Waals surface area contributed by atoms with Gasteiger partial charge in [0.05, 0.1) is 21.7 Å². The van der Waals surface area contributed by atoms with Gasteiger partial charge in [0, 0.05) is 12.3 Å². The molecule has 0 fully saturated rings. The number of carbonyl (C=O) groups is 1. The molecule has 1 N–H and O–H groups in total. The average Bonchev–Trinajstić information content (AvgIpc) is 2.46. The SMILES string of the molecule is Cc1c(OCc2ccc(C(=O)O)cn2)cccc1[N+](=O)[O-]. The van der Waals surface area contributed by atoms with Crippen LogP contribution in [0.4, 0.5) is 5.69 Å². The van der Waals surface area contributed by atoms with E-state index in [0.717, 1.165) is 0 Å². The Labute approximate surface area is 120 Å². The molecule has 7 heteroatoms. The maximum absolute atomic E-state index is 10.8. The molecule has 21 heavy (non-hydrogen) atoms. The number of pyridine rings is 1. The van der Waals surface area contributed by atoms with Crippen molar-refractivity contribution in [2.24, 2.45) is 0 Å². The van der Waals surface area contributed by atoms with E-state index in [-0.39, 0.29) is 17.9 Å². The van der Waals surface area contributed by atoms with Crippen molar-refractivity contribution >= 4 is 11.7 Å². The van der Waals surface area contributed by atoms with E-state index in [1.165, 1.54) is 24.4 Å². The summed E-state index contributed by atoms with van der Waals surface area (Å²) in [6.45, 7) is 1.70. The predicted molar refractivity (Wildman–Crippen MR) is 73.4 cm³/mol. The van der Waals surface area contributed by atoms with Crippen LogP contribution in [0.5, 0.6) is 5.75 Å². The first-order valence-electron chi connectivity index (χ1n) is 6.04. The molecule has 0 atom stereocenters. The van der Waals surface area contributed by atoms with Crippen molar-refractivity contribution in [3.63, 3.8) is 0 Å². The summed E-state index contributed by atoms with van der Waals surface area (Å²) in [4.78, 5) is 25.0. The molecule has 0 spiro atoms. The first kappa shape index (κ1) is 14.4. The van der Waals surface area contributed by atoms with Crippen molar-refractivity contribution in [1.29, 1.82) is 0 Å². The Morgan fingerprint density at radius 3 is 2.71 bits per heavy atom. The standard InChI is InChI=1S/C14H12N2O5/c1-9-12(16(19)20)3-2-4-13(9)21-8-11-6-5-10(7-15-11)14(17)18/h2-7H,8H2,1H3,(H,17,18). The fraction of sp³-hybridized carbons (Fsp3) is 0.143. The van der Waals surface area contributed by atoms with Crippen LogP contribution in [0, 0.1) is 17.0 Å². The number of rotatable bonds is 5. The van der Waals surface area contributed by atoms with Gasteiger partial charge in [-0.2, -0.15) is 0 Å². The smallest absolute Gasteiger partial charge is 0.337 e. The number of benzene rings is 1. The fourth-order valence-electron chi connectivity index (χ4n) is 1.75. The third-order valence-electron chi connectivity index (χ3n) is 2.90. The zero-order valence-electron chi connectivity index (χ0n) is 11.1. The van der Waals surface area contributed by atoms with Gasteiger partial charge in [0.1, 0.15) is 12.4 Å². The first-order valence-corrected chi connectivity index (χ1v) is 6.04. The zero-order chi connectivity index (χ0) is 15.4. The van der Waals surface area contributed by atoms with Crippen LogP contribution in [0.1, 0.15) is 21.6 Å². The summed E-state index contributed by atoms with van der Waals surface area (Å²) in [6.07, 6.45) is 1.24. The van der Waals surface area contributed by atoms with E-state index in [9.17, 15) is 14.9 Å². The third-order valence-corrected chi connectivity index (χ3v) is 2.90. The fourth-order valence-corrected chi connectivity index (χ4v) is 1.75. The number of carboxylic acids is 1. The van der Waals surface area contributed by atoms with Gasteiger partial charge in [-0.05, 0) is 25.1 Å². The van der Waals surface area contributed by atoms with Crippen molar-refractivity contribution < 1.29 is 19.6 Å². The second-order valence-corrected chi connectivity index (χ2v) is 4.29. The molecular formula is C14H12N2O5. The summed E-state index contributed by atoms with van der Waals surface area (Å²) >= 11 is 0. The number of ether oxygens (including phenoxy) is 1. The Kier molecular flexibility index (Phi) is 4.13. The van der Waals surface area contributed by atoms with Crippen LogP contribution < -0.4 is 4.74 Å². The molecule has 0 aliphatic carbocycles.